The molecule has 0 aliphatic heterocycles. The molecule has 0 aromatic carbocycles. The highest BCUT2D eigenvalue weighted by atomic mass is 32.1. The summed E-state index contributed by atoms with van der Waals surface area (Å²) in [5.74, 6) is 0. The standard InChI is InChI=1S/C22H24S3/c1-5-7-9-17-11-13-23-21(17)19-15(3)16(4)20(25-19)22-18(10-8-6-2)12-14-24-22/h5-6,11-14H,1-2,7-10H2,3-4H3. The fraction of sp³-hybridized carbons (Fsp3) is 0.273. The third-order valence-corrected chi connectivity index (χ3v) is 8.23. The quantitative estimate of drug-likeness (QED) is 0.344. The molecule has 25 heavy (non-hydrogen) atoms. The molecule has 3 aromatic heterocycles. The first-order valence-electron chi connectivity index (χ1n) is 8.62. The predicted octanol–water partition coefficient (Wildman–Crippen LogP) is 8.06. The SMILES string of the molecule is C=CCCc1ccsc1-c1sc(-c2sccc2CCC=C)c(C)c1C. The zero-order chi connectivity index (χ0) is 17.8. The molecule has 0 saturated carbocycles. The molecular weight excluding hydrogens is 360 g/mol. The van der Waals surface area contributed by atoms with Crippen molar-refractivity contribution in [3.8, 4) is 19.5 Å². The van der Waals surface area contributed by atoms with E-state index in [1.54, 1.807) is 0 Å². The molecule has 0 aliphatic carbocycles. The van der Waals surface area contributed by atoms with E-state index in [2.05, 4.69) is 49.9 Å². The van der Waals surface area contributed by atoms with Crippen LogP contribution in [0.3, 0.4) is 0 Å². The van der Waals surface area contributed by atoms with E-state index >= 15 is 0 Å². The molecule has 0 spiro atoms. The second-order valence-electron chi connectivity index (χ2n) is 6.21. The van der Waals surface area contributed by atoms with Crippen molar-refractivity contribution in [3.63, 3.8) is 0 Å². The predicted molar refractivity (Wildman–Crippen MR) is 117 cm³/mol. The Morgan fingerprint density at radius 2 is 1.20 bits per heavy atom. The summed E-state index contributed by atoms with van der Waals surface area (Å²) in [6.07, 6.45) is 8.26. The summed E-state index contributed by atoms with van der Waals surface area (Å²) in [6.45, 7) is 12.3. The fourth-order valence-corrected chi connectivity index (χ4v) is 6.71. The molecule has 3 heterocycles. The maximum atomic E-state index is 3.87. The van der Waals surface area contributed by atoms with Gasteiger partial charge in [0, 0.05) is 19.5 Å². The molecule has 3 rings (SSSR count). The van der Waals surface area contributed by atoms with Crippen LogP contribution in [0.5, 0.6) is 0 Å². The maximum absolute atomic E-state index is 3.87. The lowest BCUT2D eigenvalue weighted by atomic mass is 10.0. The van der Waals surface area contributed by atoms with Crippen molar-refractivity contribution in [2.24, 2.45) is 0 Å². The summed E-state index contributed by atoms with van der Waals surface area (Å²) in [4.78, 5) is 5.79. The third-order valence-electron chi connectivity index (χ3n) is 4.59. The van der Waals surface area contributed by atoms with Crippen molar-refractivity contribution in [1.82, 2.24) is 0 Å². The summed E-state index contributed by atoms with van der Waals surface area (Å²) in [6, 6.07) is 4.55. The number of allylic oxidation sites excluding steroid dienone is 2. The Labute approximate surface area is 163 Å². The minimum absolute atomic E-state index is 1.04. The van der Waals surface area contributed by atoms with Gasteiger partial charge in [0.15, 0.2) is 0 Å². The Morgan fingerprint density at radius 1 is 0.760 bits per heavy atom. The smallest absolute Gasteiger partial charge is 0.0484 e. The monoisotopic (exact) mass is 384 g/mol. The molecule has 3 heteroatoms. The van der Waals surface area contributed by atoms with Crippen molar-refractivity contribution < 1.29 is 0 Å². The van der Waals surface area contributed by atoms with Gasteiger partial charge in [-0.05, 0) is 84.7 Å². The van der Waals surface area contributed by atoms with Gasteiger partial charge in [-0.15, -0.1) is 47.2 Å². The minimum atomic E-state index is 1.04. The van der Waals surface area contributed by atoms with Gasteiger partial charge < -0.3 is 0 Å². The molecule has 130 valence electrons. The van der Waals surface area contributed by atoms with Gasteiger partial charge in [0.05, 0.1) is 0 Å². The van der Waals surface area contributed by atoms with Crippen molar-refractivity contribution in [3.05, 3.63) is 70.5 Å². The van der Waals surface area contributed by atoms with Gasteiger partial charge >= 0.3 is 0 Å². The van der Waals surface area contributed by atoms with Crippen LogP contribution in [0.2, 0.25) is 0 Å². The van der Waals surface area contributed by atoms with E-state index < -0.39 is 0 Å². The zero-order valence-corrected chi connectivity index (χ0v) is 17.4. The van der Waals surface area contributed by atoms with Crippen LogP contribution in [0.25, 0.3) is 19.5 Å². The van der Waals surface area contributed by atoms with Crippen molar-refractivity contribution >= 4 is 34.0 Å². The average molecular weight is 385 g/mol. The van der Waals surface area contributed by atoms with Gasteiger partial charge in [-0.25, -0.2) is 0 Å². The molecule has 0 N–H and O–H groups in total. The largest absolute Gasteiger partial charge is 0.143 e. The zero-order valence-electron chi connectivity index (χ0n) is 14.9. The molecule has 0 nitrogen and oxygen atoms in total. The highest BCUT2D eigenvalue weighted by molar-refractivity contribution is 7.26. The molecular formula is C22H24S3. The van der Waals surface area contributed by atoms with Gasteiger partial charge in [0.1, 0.15) is 0 Å². The van der Waals surface area contributed by atoms with Crippen LogP contribution in [-0.4, -0.2) is 0 Å². The van der Waals surface area contributed by atoms with E-state index in [-0.39, 0.29) is 0 Å². The Bertz CT molecular complexity index is 802. The molecule has 0 unspecified atom stereocenters. The number of aryl methyl sites for hydroxylation is 2. The van der Waals surface area contributed by atoms with Crippen molar-refractivity contribution in [2.45, 2.75) is 39.5 Å². The first-order valence-corrected chi connectivity index (χ1v) is 11.2. The summed E-state index contributed by atoms with van der Waals surface area (Å²) in [7, 11) is 0. The molecule has 0 bridgehead atoms. The van der Waals surface area contributed by atoms with Gasteiger partial charge in [-0.3, -0.25) is 0 Å². The molecule has 3 aromatic rings. The summed E-state index contributed by atoms with van der Waals surface area (Å²) in [5.41, 5.74) is 5.79. The van der Waals surface area contributed by atoms with E-state index in [1.165, 1.54) is 41.8 Å². The van der Waals surface area contributed by atoms with Gasteiger partial charge in [-0.2, -0.15) is 0 Å². The number of rotatable bonds is 8. The lowest BCUT2D eigenvalue weighted by Crippen LogP contribution is -1.84. The maximum Gasteiger partial charge on any atom is 0.0484 e. The van der Waals surface area contributed by atoms with Gasteiger partial charge in [0.25, 0.3) is 0 Å². The Balaban J connectivity index is 2.02. The van der Waals surface area contributed by atoms with Gasteiger partial charge in [0.2, 0.25) is 0 Å². The van der Waals surface area contributed by atoms with Crippen LogP contribution >= 0.6 is 34.0 Å². The van der Waals surface area contributed by atoms with E-state index in [0.717, 1.165) is 25.7 Å². The topological polar surface area (TPSA) is 0 Å². The first kappa shape index (κ1) is 18.4. The van der Waals surface area contributed by atoms with E-state index in [1.807, 2.05) is 46.2 Å². The van der Waals surface area contributed by atoms with E-state index in [0.29, 0.717) is 0 Å². The molecule has 0 fully saturated rings. The molecule has 0 atom stereocenters. The summed E-state index contributed by atoms with van der Waals surface area (Å²) in [5, 5.41) is 4.45. The minimum Gasteiger partial charge on any atom is -0.143 e. The van der Waals surface area contributed by atoms with E-state index in [9.17, 15) is 0 Å². The Hall–Kier alpha value is -1.42. The van der Waals surface area contributed by atoms with Gasteiger partial charge in [-0.1, -0.05) is 12.2 Å². The Morgan fingerprint density at radius 3 is 1.60 bits per heavy atom. The molecule has 0 amide bonds. The third kappa shape index (κ3) is 3.74. The lowest BCUT2D eigenvalue weighted by molar-refractivity contribution is 1.01. The summed E-state index contributed by atoms with van der Waals surface area (Å²) < 4.78 is 0. The van der Waals surface area contributed by atoms with Crippen LogP contribution in [0.15, 0.2) is 48.2 Å². The van der Waals surface area contributed by atoms with E-state index in [4.69, 9.17) is 0 Å². The molecule has 0 aliphatic rings. The second kappa shape index (κ2) is 8.31. The fourth-order valence-electron chi connectivity index (χ4n) is 3.01. The molecule has 0 radical (unpaired) electrons. The van der Waals surface area contributed by atoms with Crippen LogP contribution in [0, 0.1) is 13.8 Å². The number of hydrogen-bond donors (Lipinski definition) is 0. The average Bonchev–Trinajstić information content (AvgIpc) is 3.32. The van der Waals surface area contributed by atoms with Crippen LogP contribution in [0.1, 0.15) is 35.1 Å². The van der Waals surface area contributed by atoms with Crippen LogP contribution in [-0.2, 0) is 12.8 Å². The number of hydrogen-bond acceptors (Lipinski definition) is 3. The highest BCUT2D eigenvalue weighted by Crippen LogP contribution is 2.46. The Kier molecular flexibility index (Phi) is 6.10. The van der Waals surface area contributed by atoms with Crippen molar-refractivity contribution in [1.29, 1.82) is 0 Å². The normalized spacial score (nSPS) is 11.0. The number of thiophene rings is 3. The second-order valence-corrected chi connectivity index (χ2v) is 9.07. The highest BCUT2D eigenvalue weighted by Gasteiger charge is 2.19. The van der Waals surface area contributed by atoms with Crippen molar-refractivity contribution in [2.75, 3.05) is 0 Å². The summed E-state index contributed by atoms with van der Waals surface area (Å²) >= 11 is 5.71. The van der Waals surface area contributed by atoms with Crippen LogP contribution < -0.4 is 0 Å². The first-order chi connectivity index (χ1) is 12.2. The molecule has 0 saturated heterocycles. The lowest BCUT2D eigenvalue weighted by Gasteiger charge is -2.02. The van der Waals surface area contributed by atoms with Crippen LogP contribution in [0.4, 0.5) is 0 Å².